The van der Waals surface area contributed by atoms with Crippen LogP contribution in [-0.2, 0) is 0 Å². The quantitative estimate of drug-likeness (QED) is 0.271. The number of hydrogen-bond donors (Lipinski definition) is 1. The fourth-order valence-electron chi connectivity index (χ4n) is 3.06. The Bertz CT molecular complexity index is 1270. The first-order valence-corrected chi connectivity index (χ1v) is 10.5. The number of fused-ring (bicyclic) bond motifs is 1. The highest BCUT2D eigenvalue weighted by molar-refractivity contribution is 9.10. The van der Waals surface area contributed by atoms with Gasteiger partial charge in [0.25, 0.3) is 5.56 Å². The molecule has 0 aliphatic carbocycles. The number of nitrogens with one attached hydrogen (secondary N) is 1. The van der Waals surface area contributed by atoms with E-state index < -0.39 is 5.56 Å². The maximum absolute atomic E-state index is 13.0. The first kappa shape index (κ1) is 18.9. The van der Waals surface area contributed by atoms with E-state index in [-0.39, 0.29) is 11.3 Å². The van der Waals surface area contributed by atoms with Crippen LogP contribution in [-0.4, -0.2) is 10.8 Å². The highest BCUT2D eigenvalue weighted by Gasteiger charge is 2.19. The summed E-state index contributed by atoms with van der Waals surface area (Å²) in [5.74, 6) is -0.355. The fraction of sp³-hybridized carbons (Fsp3) is 0. The summed E-state index contributed by atoms with van der Waals surface area (Å²) in [5, 5.41) is 3.20. The molecule has 2 heterocycles. The Morgan fingerprint density at radius 2 is 1.89 bits per heavy atom. The Labute approximate surface area is 178 Å². The van der Waals surface area contributed by atoms with Gasteiger partial charge in [-0.05, 0) is 57.9 Å². The summed E-state index contributed by atoms with van der Waals surface area (Å²) in [5.41, 5.74) is 1.69. The lowest BCUT2D eigenvalue weighted by Gasteiger charge is -2.11. The number of allylic oxidation sites excluding steroid dienone is 1. The maximum atomic E-state index is 13.0. The van der Waals surface area contributed by atoms with Gasteiger partial charge in [-0.15, -0.1) is 11.3 Å². The van der Waals surface area contributed by atoms with Crippen molar-refractivity contribution in [2.24, 2.45) is 0 Å². The topological polar surface area (TPSA) is 49.9 Å². The van der Waals surface area contributed by atoms with E-state index >= 15 is 0 Å². The van der Waals surface area contributed by atoms with Gasteiger partial charge in [0.2, 0.25) is 0 Å². The minimum absolute atomic E-state index is 0.104. The van der Waals surface area contributed by atoms with Gasteiger partial charge in [-0.1, -0.05) is 41.9 Å². The SMILES string of the molecule is O=C(C=Cc1cc(Br)cs1)c1c(-c2ccccc2)c2cc(Cl)ccc2[nH]c1=O. The predicted octanol–water partition coefficient (Wildman–Crippen LogP) is 6.57. The smallest absolute Gasteiger partial charge is 0.260 e. The minimum Gasteiger partial charge on any atom is -0.321 e. The molecule has 28 heavy (non-hydrogen) atoms. The summed E-state index contributed by atoms with van der Waals surface area (Å²) < 4.78 is 0.952. The van der Waals surface area contributed by atoms with Crippen LogP contribution in [0.2, 0.25) is 5.02 Å². The number of aromatic nitrogens is 1. The number of carbonyl (C=O) groups excluding carboxylic acids is 1. The second kappa shape index (κ2) is 7.87. The van der Waals surface area contributed by atoms with E-state index in [1.165, 1.54) is 17.4 Å². The van der Waals surface area contributed by atoms with E-state index in [0.717, 1.165) is 20.3 Å². The molecule has 0 unspecified atom stereocenters. The zero-order chi connectivity index (χ0) is 19.7. The standard InChI is InChI=1S/C22H13BrClNO2S/c23-14-10-16(28-12-14)7-9-19(26)21-20(13-4-2-1-3-5-13)17-11-15(24)6-8-18(17)25-22(21)27/h1-12H,(H,25,27). The molecule has 3 nitrogen and oxygen atoms in total. The van der Waals surface area contributed by atoms with Gasteiger partial charge in [-0.3, -0.25) is 9.59 Å². The third-order valence-electron chi connectivity index (χ3n) is 4.27. The van der Waals surface area contributed by atoms with Crippen LogP contribution in [0.5, 0.6) is 0 Å². The number of aromatic amines is 1. The Kier molecular flexibility index (Phi) is 5.31. The summed E-state index contributed by atoms with van der Waals surface area (Å²) in [6.07, 6.45) is 3.15. The van der Waals surface area contributed by atoms with Gasteiger partial charge in [0, 0.05) is 36.2 Å². The van der Waals surface area contributed by atoms with Crippen molar-refractivity contribution < 1.29 is 4.79 Å². The number of pyridine rings is 1. The Hall–Kier alpha value is -2.47. The van der Waals surface area contributed by atoms with E-state index in [0.29, 0.717) is 16.1 Å². The van der Waals surface area contributed by atoms with Crippen LogP contribution >= 0.6 is 38.9 Å². The highest BCUT2D eigenvalue weighted by atomic mass is 79.9. The van der Waals surface area contributed by atoms with Crippen molar-refractivity contribution in [1.29, 1.82) is 0 Å². The molecule has 0 amide bonds. The number of carbonyl (C=O) groups is 1. The molecule has 0 radical (unpaired) electrons. The van der Waals surface area contributed by atoms with Crippen LogP contribution in [0.15, 0.2) is 75.3 Å². The molecular formula is C22H13BrClNO2S. The lowest BCUT2D eigenvalue weighted by molar-refractivity contribution is 0.104. The van der Waals surface area contributed by atoms with Crippen molar-refractivity contribution >= 4 is 61.6 Å². The van der Waals surface area contributed by atoms with Crippen LogP contribution in [0.25, 0.3) is 28.1 Å². The van der Waals surface area contributed by atoms with Crippen molar-refractivity contribution in [3.05, 3.63) is 96.3 Å². The summed E-state index contributed by atoms with van der Waals surface area (Å²) in [7, 11) is 0. The number of ketones is 1. The number of thiophene rings is 1. The number of hydrogen-bond acceptors (Lipinski definition) is 3. The van der Waals surface area contributed by atoms with E-state index in [4.69, 9.17) is 11.6 Å². The predicted molar refractivity (Wildman–Crippen MR) is 120 cm³/mol. The summed E-state index contributed by atoms with van der Waals surface area (Å²) >= 11 is 11.1. The third kappa shape index (κ3) is 3.74. The van der Waals surface area contributed by atoms with E-state index in [9.17, 15) is 9.59 Å². The number of rotatable bonds is 4. The molecule has 2 aromatic heterocycles. The molecule has 0 fully saturated rings. The molecule has 0 saturated carbocycles. The number of benzene rings is 2. The molecule has 0 aliphatic rings. The average Bonchev–Trinajstić information content (AvgIpc) is 3.11. The molecule has 4 rings (SSSR count). The second-order valence-electron chi connectivity index (χ2n) is 6.12. The molecular weight excluding hydrogens is 458 g/mol. The molecule has 6 heteroatoms. The molecule has 138 valence electrons. The molecule has 4 aromatic rings. The normalized spacial score (nSPS) is 11.4. The maximum Gasteiger partial charge on any atom is 0.260 e. The van der Waals surface area contributed by atoms with Gasteiger partial charge in [-0.2, -0.15) is 0 Å². The van der Waals surface area contributed by atoms with Gasteiger partial charge in [0.1, 0.15) is 0 Å². The highest BCUT2D eigenvalue weighted by Crippen LogP contribution is 2.31. The summed E-state index contributed by atoms with van der Waals surface area (Å²) in [6, 6.07) is 16.5. The third-order valence-corrected chi connectivity index (χ3v) is 6.17. The first-order chi connectivity index (χ1) is 13.5. The van der Waals surface area contributed by atoms with Crippen LogP contribution < -0.4 is 5.56 Å². The lowest BCUT2D eigenvalue weighted by Crippen LogP contribution is -2.18. The van der Waals surface area contributed by atoms with Gasteiger partial charge in [0.15, 0.2) is 5.78 Å². The van der Waals surface area contributed by atoms with Gasteiger partial charge in [0.05, 0.1) is 5.56 Å². The zero-order valence-electron chi connectivity index (χ0n) is 14.4. The monoisotopic (exact) mass is 469 g/mol. The van der Waals surface area contributed by atoms with Crippen LogP contribution in [0.3, 0.4) is 0 Å². The summed E-state index contributed by atoms with van der Waals surface area (Å²) in [4.78, 5) is 29.6. The largest absolute Gasteiger partial charge is 0.321 e. The molecule has 1 N–H and O–H groups in total. The lowest BCUT2D eigenvalue weighted by atomic mass is 9.94. The van der Waals surface area contributed by atoms with Crippen LogP contribution in [0, 0.1) is 0 Å². The van der Waals surface area contributed by atoms with Crippen molar-refractivity contribution in [3.63, 3.8) is 0 Å². The molecule has 0 bridgehead atoms. The second-order valence-corrected chi connectivity index (χ2v) is 8.42. The van der Waals surface area contributed by atoms with Crippen LogP contribution in [0.4, 0.5) is 0 Å². The first-order valence-electron chi connectivity index (χ1n) is 8.40. The Balaban J connectivity index is 1.94. The van der Waals surface area contributed by atoms with Crippen LogP contribution in [0.1, 0.15) is 15.2 Å². The number of halogens is 2. The Morgan fingerprint density at radius 3 is 2.61 bits per heavy atom. The van der Waals surface area contributed by atoms with E-state index in [1.807, 2.05) is 41.8 Å². The molecule has 0 atom stereocenters. The van der Waals surface area contributed by atoms with Crippen molar-refractivity contribution in [2.75, 3.05) is 0 Å². The minimum atomic E-state index is -0.421. The van der Waals surface area contributed by atoms with Crippen molar-refractivity contribution in [3.8, 4) is 11.1 Å². The average molecular weight is 471 g/mol. The Morgan fingerprint density at radius 1 is 1.11 bits per heavy atom. The van der Waals surface area contributed by atoms with Gasteiger partial charge < -0.3 is 4.98 Å². The van der Waals surface area contributed by atoms with Crippen molar-refractivity contribution in [2.45, 2.75) is 0 Å². The van der Waals surface area contributed by atoms with Crippen molar-refractivity contribution in [1.82, 2.24) is 4.98 Å². The molecule has 0 saturated heterocycles. The molecule has 0 spiro atoms. The van der Waals surface area contributed by atoms with E-state index in [2.05, 4.69) is 20.9 Å². The fourth-order valence-corrected chi connectivity index (χ4v) is 4.57. The molecule has 0 aliphatic heterocycles. The molecule has 2 aromatic carbocycles. The van der Waals surface area contributed by atoms with E-state index in [1.54, 1.807) is 24.3 Å². The van der Waals surface area contributed by atoms with Gasteiger partial charge in [-0.25, -0.2) is 0 Å². The summed E-state index contributed by atoms with van der Waals surface area (Å²) in [6.45, 7) is 0. The number of H-pyrrole nitrogens is 1. The zero-order valence-corrected chi connectivity index (χ0v) is 17.6. The van der Waals surface area contributed by atoms with Gasteiger partial charge >= 0.3 is 0 Å².